The van der Waals surface area contributed by atoms with Crippen molar-refractivity contribution in [2.75, 3.05) is 7.11 Å². The number of aryl methyl sites for hydroxylation is 1. The Labute approximate surface area is 117 Å². The Balaban J connectivity index is 1.91. The zero-order chi connectivity index (χ0) is 13.4. The van der Waals surface area contributed by atoms with Crippen molar-refractivity contribution in [2.24, 2.45) is 0 Å². The number of rotatable bonds is 3. The van der Waals surface area contributed by atoms with Gasteiger partial charge in [-0.2, -0.15) is 0 Å². The van der Waals surface area contributed by atoms with E-state index in [1.54, 1.807) is 7.11 Å². The fraction of sp³-hybridized carbons (Fsp3) is 0.400. The van der Waals surface area contributed by atoms with Crippen LogP contribution in [-0.4, -0.2) is 29.7 Å². The maximum atomic E-state index is 6.10. The highest BCUT2D eigenvalue weighted by Crippen LogP contribution is 2.34. The van der Waals surface area contributed by atoms with Crippen molar-refractivity contribution in [3.63, 3.8) is 0 Å². The van der Waals surface area contributed by atoms with E-state index in [-0.39, 0.29) is 17.6 Å². The van der Waals surface area contributed by atoms with Crippen molar-refractivity contribution in [1.29, 1.82) is 0 Å². The molecule has 1 saturated carbocycles. The lowest BCUT2D eigenvalue weighted by atomic mass is 9.91. The largest absolute Gasteiger partial charge is 0.485 e. The summed E-state index contributed by atoms with van der Waals surface area (Å²) in [5.41, 5.74) is 1.88. The number of ether oxygens (including phenoxy) is 2. The molecule has 0 radical (unpaired) electrons. The Morgan fingerprint density at radius 1 is 1.26 bits per heavy atom. The van der Waals surface area contributed by atoms with Gasteiger partial charge in [0.15, 0.2) is 0 Å². The van der Waals surface area contributed by atoms with Crippen LogP contribution in [0.3, 0.4) is 0 Å². The lowest BCUT2D eigenvalue weighted by Crippen LogP contribution is -2.52. The van der Waals surface area contributed by atoms with E-state index in [0.717, 1.165) is 28.8 Å². The summed E-state index contributed by atoms with van der Waals surface area (Å²) in [5.74, 6) is 0.803. The van der Waals surface area contributed by atoms with Gasteiger partial charge in [-0.25, -0.2) is 4.98 Å². The van der Waals surface area contributed by atoms with Crippen molar-refractivity contribution >= 4 is 22.5 Å². The highest BCUT2D eigenvalue weighted by Gasteiger charge is 2.42. The van der Waals surface area contributed by atoms with Gasteiger partial charge in [0.05, 0.1) is 5.38 Å². The van der Waals surface area contributed by atoms with E-state index >= 15 is 0 Å². The minimum atomic E-state index is -0.0401. The van der Waals surface area contributed by atoms with Crippen molar-refractivity contribution in [3.05, 3.63) is 36.0 Å². The predicted octanol–water partition coefficient (Wildman–Crippen LogP) is 3.32. The fourth-order valence-electron chi connectivity index (χ4n) is 2.42. The Morgan fingerprint density at radius 2 is 2.11 bits per heavy atom. The first-order valence-electron chi connectivity index (χ1n) is 6.39. The number of halogens is 1. The van der Waals surface area contributed by atoms with Crippen LogP contribution in [-0.2, 0) is 4.74 Å². The molecule has 2 aromatic rings. The topological polar surface area (TPSA) is 31.4 Å². The molecule has 0 aliphatic heterocycles. The molecule has 1 aromatic carbocycles. The molecule has 1 fully saturated rings. The Bertz CT molecular complexity index is 602. The summed E-state index contributed by atoms with van der Waals surface area (Å²) < 4.78 is 11.4. The summed E-state index contributed by atoms with van der Waals surface area (Å²) in [6, 6.07) is 10.0. The number of aromatic nitrogens is 1. The molecular formula is C15H16ClNO2. The van der Waals surface area contributed by atoms with Gasteiger partial charge in [0.25, 0.3) is 0 Å². The SMILES string of the molecule is COC1C(Cl)CC1Oc1cccc2ccc(C)nc12. The van der Waals surface area contributed by atoms with E-state index in [9.17, 15) is 0 Å². The molecule has 0 amide bonds. The number of nitrogens with zero attached hydrogens (tertiary/aromatic N) is 1. The second kappa shape index (κ2) is 4.99. The molecule has 1 aliphatic rings. The quantitative estimate of drug-likeness (QED) is 0.807. The monoisotopic (exact) mass is 277 g/mol. The summed E-state index contributed by atoms with van der Waals surface area (Å²) >= 11 is 6.10. The molecule has 0 spiro atoms. The summed E-state index contributed by atoms with van der Waals surface area (Å²) in [7, 11) is 1.67. The van der Waals surface area contributed by atoms with Gasteiger partial charge in [0.2, 0.25) is 0 Å². The van der Waals surface area contributed by atoms with Crippen LogP contribution >= 0.6 is 11.6 Å². The summed E-state index contributed by atoms with van der Waals surface area (Å²) in [6.45, 7) is 1.98. The fourth-order valence-corrected chi connectivity index (χ4v) is 2.86. The highest BCUT2D eigenvalue weighted by molar-refractivity contribution is 6.21. The van der Waals surface area contributed by atoms with Crippen LogP contribution in [0.15, 0.2) is 30.3 Å². The van der Waals surface area contributed by atoms with E-state index in [1.165, 1.54) is 0 Å². The summed E-state index contributed by atoms with van der Waals surface area (Å²) in [5, 5.41) is 1.12. The Kier molecular flexibility index (Phi) is 3.33. The van der Waals surface area contributed by atoms with Gasteiger partial charge in [-0.05, 0) is 19.1 Å². The molecule has 3 rings (SSSR count). The third-order valence-corrected chi connectivity index (χ3v) is 3.98. The molecule has 4 heteroatoms. The zero-order valence-electron chi connectivity index (χ0n) is 11.0. The number of pyridine rings is 1. The summed E-state index contributed by atoms with van der Waals surface area (Å²) in [4.78, 5) is 4.56. The molecule has 0 N–H and O–H groups in total. The number of methoxy groups -OCH3 is 1. The first kappa shape index (κ1) is 12.7. The molecule has 1 heterocycles. The molecule has 0 saturated heterocycles. The third kappa shape index (κ3) is 2.28. The molecule has 3 unspecified atom stereocenters. The maximum Gasteiger partial charge on any atom is 0.146 e. The van der Waals surface area contributed by atoms with Gasteiger partial charge >= 0.3 is 0 Å². The molecular weight excluding hydrogens is 262 g/mol. The first-order chi connectivity index (χ1) is 9.19. The second-order valence-corrected chi connectivity index (χ2v) is 5.45. The summed E-state index contributed by atoms with van der Waals surface area (Å²) in [6.07, 6.45) is 0.782. The van der Waals surface area contributed by atoms with Gasteiger partial charge < -0.3 is 9.47 Å². The van der Waals surface area contributed by atoms with Gasteiger partial charge in [0.1, 0.15) is 23.5 Å². The van der Waals surface area contributed by atoms with Crippen LogP contribution in [0.25, 0.3) is 10.9 Å². The van der Waals surface area contributed by atoms with E-state index in [2.05, 4.69) is 11.1 Å². The molecule has 1 aromatic heterocycles. The minimum Gasteiger partial charge on any atom is -0.485 e. The molecule has 19 heavy (non-hydrogen) atoms. The minimum absolute atomic E-state index is 0.0143. The Morgan fingerprint density at radius 3 is 2.84 bits per heavy atom. The van der Waals surface area contributed by atoms with Crippen LogP contribution in [0.4, 0.5) is 0 Å². The average molecular weight is 278 g/mol. The van der Waals surface area contributed by atoms with E-state index < -0.39 is 0 Å². The number of benzene rings is 1. The van der Waals surface area contributed by atoms with Crippen molar-refractivity contribution in [3.8, 4) is 5.75 Å². The smallest absolute Gasteiger partial charge is 0.146 e. The van der Waals surface area contributed by atoms with Gasteiger partial charge in [-0.1, -0.05) is 18.2 Å². The van der Waals surface area contributed by atoms with Crippen molar-refractivity contribution < 1.29 is 9.47 Å². The lowest BCUT2D eigenvalue weighted by Gasteiger charge is -2.39. The third-order valence-electron chi connectivity index (χ3n) is 3.55. The molecule has 3 atom stereocenters. The second-order valence-electron chi connectivity index (χ2n) is 4.89. The van der Waals surface area contributed by atoms with Crippen molar-refractivity contribution in [2.45, 2.75) is 30.9 Å². The van der Waals surface area contributed by atoms with Gasteiger partial charge in [-0.15, -0.1) is 11.6 Å². The Hall–Kier alpha value is -1.32. The van der Waals surface area contributed by atoms with E-state index in [0.29, 0.717) is 0 Å². The first-order valence-corrected chi connectivity index (χ1v) is 6.82. The number of para-hydroxylation sites is 1. The molecule has 3 nitrogen and oxygen atoms in total. The number of hydrogen-bond acceptors (Lipinski definition) is 3. The molecule has 100 valence electrons. The van der Waals surface area contributed by atoms with E-state index in [1.807, 2.05) is 31.2 Å². The van der Waals surface area contributed by atoms with Gasteiger partial charge in [-0.3, -0.25) is 0 Å². The molecule has 1 aliphatic carbocycles. The van der Waals surface area contributed by atoms with E-state index in [4.69, 9.17) is 21.1 Å². The van der Waals surface area contributed by atoms with Crippen molar-refractivity contribution in [1.82, 2.24) is 4.98 Å². The zero-order valence-corrected chi connectivity index (χ0v) is 11.7. The number of alkyl halides is 1. The predicted molar refractivity (Wildman–Crippen MR) is 76.0 cm³/mol. The standard InChI is InChI=1S/C15H16ClNO2/c1-9-6-7-10-4-3-5-12(14(10)17-9)19-13-8-11(16)15(13)18-2/h3-7,11,13,15H,8H2,1-2H3. The number of hydrogen-bond donors (Lipinski definition) is 0. The maximum absolute atomic E-state index is 6.10. The van der Waals surface area contributed by atoms with Gasteiger partial charge in [0, 0.05) is 24.6 Å². The van der Waals surface area contributed by atoms with Crippen LogP contribution < -0.4 is 4.74 Å². The lowest BCUT2D eigenvalue weighted by molar-refractivity contribution is -0.0578. The average Bonchev–Trinajstić information content (AvgIpc) is 2.39. The number of fused-ring (bicyclic) bond motifs is 1. The van der Waals surface area contributed by atoms with Crippen LogP contribution in [0.1, 0.15) is 12.1 Å². The van der Waals surface area contributed by atoms with Crippen LogP contribution in [0, 0.1) is 6.92 Å². The van der Waals surface area contributed by atoms with Crippen LogP contribution in [0.5, 0.6) is 5.75 Å². The van der Waals surface area contributed by atoms with Crippen LogP contribution in [0.2, 0.25) is 0 Å². The molecule has 0 bridgehead atoms. The highest BCUT2D eigenvalue weighted by atomic mass is 35.5. The normalized spacial score (nSPS) is 26.2.